The van der Waals surface area contributed by atoms with Gasteiger partial charge in [0.1, 0.15) is 12.0 Å². The number of benzene rings is 2. The summed E-state index contributed by atoms with van der Waals surface area (Å²) < 4.78 is 31.7. The van der Waals surface area contributed by atoms with Gasteiger partial charge in [0, 0.05) is 16.7 Å². The lowest BCUT2D eigenvalue weighted by Gasteiger charge is -2.02. The summed E-state index contributed by atoms with van der Waals surface area (Å²) in [5.41, 5.74) is 3.50. The van der Waals surface area contributed by atoms with Crippen LogP contribution in [0, 0.1) is 0 Å². The van der Waals surface area contributed by atoms with E-state index in [1.165, 1.54) is 0 Å². The summed E-state index contributed by atoms with van der Waals surface area (Å²) in [6.45, 7) is 0.465. The van der Waals surface area contributed by atoms with E-state index in [2.05, 4.69) is 20.5 Å². The van der Waals surface area contributed by atoms with Crippen LogP contribution in [0.4, 0.5) is 8.78 Å². The molecule has 9 heteroatoms. The van der Waals surface area contributed by atoms with Crippen molar-refractivity contribution >= 4 is 6.29 Å². The maximum Gasteiger partial charge on any atom is 0.314 e. The minimum atomic E-state index is -2.80. The van der Waals surface area contributed by atoms with Crippen molar-refractivity contribution < 1.29 is 18.0 Å². The fourth-order valence-electron chi connectivity index (χ4n) is 2.66. The van der Waals surface area contributed by atoms with Crippen molar-refractivity contribution in [2.45, 2.75) is 20.4 Å². The highest BCUT2D eigenvalue weighted by molar-refractivity contribution is 5.78. The lowest BCUT2D eigenvalue weighted by molar-refractivity contribution is 0.112. The predicted octanol–water partition coefficient (Wildman–Crippen LogP) is 4.43. The van der Waals surface area contributed by atoms with Gasteiger partial charge in [-0.15, -0.1) is 15.3 Å². The maximum absolute atomic E-state index is 12.5. The molecule has 0 aliphatic carbocycles. The molecule has 4 rings (SSSR count). The van der Waals surface area contributed by atoms with Crippen LogP contribution in [0.5, 0.6) is 0 Å². The Morgan fingerprint density at radius 1 is 1.03 bits per heavy atom. The van der Waals surface area contributed by atoms with Crippen LogP contribution in [-0.4, -0.2) is 31.5 Å². The molecule has 148 valence electrons. The molecule has 0 unspecified atom stereocenters. The van der Waals surface area contributed by atoms with E-state index in [9.17, 15) is 13.6 Å². The quantitative estimate of drug-likeness (QED) is 0.447. The Morgan fingerprint density at radius 2 is 1.83 bits per heavy atom. The lowest BCUT2D eigenvalue weighted by atomic mass is 10.1. The Labute approximate surface area is 165 Å². The average Bonchev–Trinajstić information content (AvgIpc) is 3.39. The second-order valence-electron chi connectivity index (χ2n) is 5.99. The number of aldehydes is 1. The van der Waals surface area contributed by atoms with Crippen LogP contribution in [0.1, 0.15) is 35.7 Å². The first-order valence-corrected chi connectivity index (χ1v) is 8.29. The van der Waals surface area contributed by atoms with Crippen molar-refractivity contribution in [2.75, 3.05) is 0 Å². The minimum Gasteiger partial charge on any atom is -0.415 e. The number of halogens is 2. The van der Waals surface area contributed by atoms with Gasteiger partial charge < -0.3 is 4.42 Å². The number of alkyl halides is 2. The summed E-state index contributed by atoms with van der Waals surface area (Å²) in [5, 5.41) is 15.2. The molecule has 0 aliphatic heterocycles. The standard InChI is InChI=1S/C19H13F2N5O2.CH4/c20-17(21)19-24-23-18(28-19)14-6-4-12(5-7-14)9-26-10-16(22-25-26)15-3-1-2-13(8-15)11-27;/h1-8,10-11,17H,9H2;1H4. The topological polar surface area (TPSA) is 86.7 Å². The Bertz CT molecular complexity index is 1110. The van der Waals surface area contributed by atoms with Crippen molar-refractivity contribution in [3.05, 3.63) is 71.7 Å². The zero-order valence-electron chi connectivity index (χ0n) is 14.4. The average molecular weight is 397 g/mol. The van der Waals surface area contributed by atoms with E-state index in [1.807, 2.05) is 18.2 Å². The number of aromatic nitrogens is 5. The molecule has 0 amide bonds. The van der Waals surface area contributed by atoms with E-state index in [-0.39, 0.29) is 13.3 Å². The molecule has 4 aromatic rings. The molecule has 0 saturated carbocycles. The van der Waals surface area contributed by atoms with Crippen LogP contribution < -0.4 is 0 Å². The van der Waals surface area contributed by atoms with Crippen LogP contribution in [0.15, 0.2) is 59.1 Å². The van der Waals surface area contributed by atoms with Gasteiger partial charge in [0.2, 0.25) is 5.89 Å². The van der Waals surface area contributed by atoms with Gasteiger partial charge in [-0.1, -0.05) is 43.0 Å². The molecule has 2 aromatic heterocycles. The highest BCUT2D eigenvalue weighted by atomic mass is 19.3. The van der Waals surface area contributed by atoms with E-state index in [0.29, 0.717) is 23.4 Å². The van der Waals surface area contributed by atoms with Crippen molar-refractivity contribution in [1.82, 2.24) is 25.2 Å². The summed E-state index contributed by atoms with van der Waals surface area (Å²) in [4.78, 5) is 10.9. The summed E-state index contributed by atoms with van der Waals surface area (Å²) >= 11 is 0. The van der Waals surface area contributed by atoms with Crippen LogP contribution in [-0.2, 0) is 6.54 Å². The highest BCUT2D eigenvalue weighted by Gasteiger charge is 2.16. The fraction of sp³-hybridized carbons (Fsp3) is 0.150. The van der Waals surface area contributed by atoms with Gasteiger partial charge in [-0.3, -0.25) is 4.79 Å². The van der Waals surface area contributed by atoms with Crippen molar-refractivity contribution in [2.24, 2.45) is 0 Å². The molecular formula is C20H17F2N5O2. The van der Waals surface area contributed by atoms with Crippen molar-refractivity contribution in [1.29, 1.82) is 0 Å². The van der Waals surface area contributed by atoms with Crippen LogP contribution >= 0.6 is 0 Å². The number of carbonyl (C=O) groups excluding carboxylic acids is 1. The second-order valence-corrected chi connectivity index (χ2v) is 5.99. The number of nitrogens with zero attached hydrogens (tertiary/aromatic N) is 5. The van der Waals surface area contributed by atoms with E-state index < -0.39 is 12.3 Å². The predicted molar refractivity (Wildman–Crippen MR) is 101 cm³/mol. The van der Waals surface area contributed by atoms with Crippen molar-refractivity contribution in [3.8, 4) is 22.7 Å². The normalized spacial score (nSPS) is 10.7. The Hall–Kier alpha value is -3.75. The molecule has 0 bridgehead atoms. The molecule has 7 nitrogen and oxygen atoms in total. The van der Waals surface area contributed by atoms with Gasteiger partial charge in [-0.25, -0.2) is 4.68 Å². The Morgan fingerprint density at radius 3 is 2.52 bits per heavy atom. The zero-order chi connectivity index (χ0) is 19.5. The highest BCUT2D eigenvalue weighted by Crippen LogP contribution is 2.23. The number of hydrogen-bond donors (Lipinski definition) is 0. The SMILES string of the molecule is C.O=Cc1cccc(-c2cn(Cc3ccc(-c4nnc(C(F)F)o4)cc3)nn2)c1. The molecule has 0 fully saturated rings. The van der Waals surface area contributed by atoms with Crippen LogP contribution in [0.3, 0.4) is 0 Å². The molecule has 0 aliphatic rings. The third-order valence-electron chi connectivity index (χ3n) is 4.03. The smallest absolute Gasteiger partial charge is 0.314 e. The Kier molecular flexibility index (Phi) is 5.87. The monoisotopic (exact) mass is 397 g/mol. The van der Waals surface area contributed by atoms with E-state index >= 15 is 0 Å². The van der Waals surface area contributed by atoms with Gasteiger partial charge in [0.25, 0.3) is 5.89 Å². The largest absolute Gasteiger partial charge is 0.415 e. The molecule has 0 N–H and O–H groups in total. The molecule has 2 aromatic carbocycles. The molecule has 0 spiro atoms. The molecule has 0 saturated heterocycles. The third-order valence-corrected chi connectivity index (χ3v) is 4.03. The first-order valence-electron chi connectivity index (χ1n) is 8.29. The molecule has 0 radical (unpaired) electrons. The maximum atomic E-state index is 12.5. The molecule has 29 heavy (non-hydrogen) atoms. The lowest BCUT2D eigenvalue weighted by Crippen LogP contribution is -2.00. The fourth-order valence-corrected chi connectivity index (χ4v) is 2.66. The summed E-state index contributed by atoms with van der Waals surface area (Å²) in [5.74, 6) is -0.659. The first kappa shape index (κ1) is 20.0. The van der Waals surface area contributed by atoms with Gasteiger partial charge in [0.15, 0.2) is 0 Å². The number of rotatable bonds is 6. The minimum absolute atomic E-state index is 0. The van der Waals surface area contributed by atoms with Crippen LogP contribution in [0.2, 0.25) is 0 Å². The summed E-state index contributed by atoms with van der Waals surface area (Å²) in [6.07, 6.45) is -0.234. The Balaban J connectivity index is 0.00000240. The van der Waals surface area contributed by atoms with Gasteiger partial charge >= 0.3 is 6.43 Å². The van der Waals surface area contributed by atoms with E-state index in [4.69, 9.17) is 4.42 Å². The van der Waals surface area contributed by atoms with Gasteiger partial charge in [-0.2, -0.15) is 8.78 Å². The molecular weight excluding hydrogens is 380 g/mol. The summed E-state index contributed by atoms with van der Waals surface area (Å²) in [6, 6.07) is 14.2. The van der Waals surface area contributed by atoms with Crippen molar-refractivity contribution in [3.63, 3.8) is 0 Å². The number of carbonyl (C=O) groups is 1. The first-order chi connectivity index (χ1) is 13.6. The van der Waals surface area contributed by atoms with E-state index in [1.54, 1.807) is 41.2 Å². The van der Waals surface area contributed by atoms with Gasteiger partial charge in [0.05, 0.1) is 12.7 Å². The van der Waals surface area contributed by atoms with Gasteiger partial charge in [-0.05, 0) is 23.8 Å². The molecule has 0 atom stereocenters. The second kappa shape index (κ2) is 8.51. The number of hydrogen-bond acceptors (Lipinski definition) is 6. The van der Waals surface area contributed by atoms with E-state index in [0.717, 1.165) is 17.4 Å². The zero-order valence-corrected chi connectivity index (χ0v) is 14.4. The van der Waals surface area contributed by atoms with Crippen LogP contribution in [0.25, 0.3) is 22.7 Å². The molecule has 2 heterocycles. The third kappa shape index (κ3) is 4.40. The summed E-state index contributed by atoms with van der Waals surface area (Å²) in [7, 11) is 0.